The fraction of sp³-hybridized carbons (Fsp3) is 0.417. The van der Waals surface area contributed by atoms with Crippen LogP contribution in [-0.2, 0) is 10.0 Å². The molecule has 0 radical (unpaired) electrons. The number of carbonyl (C=O) groups is 1. The summed E-state index contributed by atoms with van der Waals surface area (Å²) in [6.45, 7) is 0.0314. The summed E-state index contributed by atoms with van der Waals surface area (Å²) in [7, 11) is 1.63. The molecule has 0 fully saturated rings. The van der Waals surface area contributed by atoms with Crippen LogP contribution in [0.2, 0.25) is 0 Å². The molecule has 8 heteroatoms. The molecular weight excluding hydrogens is 280 g/mol. The molecule has 0 spiro atoms. The Morgan fingerprint density at radius 2 is 2.00 bits per heavy atom. The van der Waals surface area contributed by atoms with Crippen molar-refractivity contribution in [1.29, 1.82) is 0 Å². The molecule has 0 unspecified atom stereocenters. The lowest BCUT2D eigenvalue weighted by Crippen LogP contribution is -2.33. The first-order chi connectivity index (χ1) is 9.26. The van der Waals surface area contributed by atoms with E-state index >= 15 is 0 Å². The average Bonchev–Trinajstić information content (AvgIpc) is 2.37. The standard InChI is InChI=1S/C12H20N4O3S/c1-14-20(18,19)7-6-15-12(17)10-8-9(13)4-5-11(10)16(2)3/h4-5,8,14H,6-7,13H2,1-3H3,(H,15,17). The van der Waals surface area contributed by atoms with Gasteiger partial charge in [0.2, 0.25) is 10.0 Å². The number of benzene rings is 1. The summed E-state index contributed by atoms with van der Waals surface area (Å²) < 4.78 is 24.7. The molecule has 0 bridgehead atoms. The second-order valence-electron chi connectivity index (χ2n) is 4.45. The first kappa shape index (κ1) is 16.3. The SMILES string of the molecule is CNS(=O)(=O)CCNC(=O)c1cc(N)ccc1N(C)C. The summed E-state index contributed by atoms with van der Waals surface area (Å²) in [6, 6.07) is 5.02. The first-order valence-electron chi connectivity index (χ1n) is 6.03. The lowest BCUT2D eigenvalue weighted by molar-refractivity contribution is 0.0956. The Hall–Kier alpha value is -1.80. The normalized spacial score (nSPS) is 11.2. The van der Waals surface area contributed by atoms with Crippen LogP contribution in [0.15, 0.2) is 18.2 Å². The molecule has 20 heavy (non-hydrogen) atoms. The zero-order valence-corrected chi connectivity index (χ0v) is 12.6. The molecule has 0 aliphatic carbocycles. The van der Waals surface area contributed by atoms with Gasteiger partial charge in [-0.3, -0.25) is 4.79 Å². The zero-order chi connectivity index (χ0) is 15.3. The van der Waals surface area contributed by atoms with Crippen LogP contribution in [0.1, 0.15) is 10.4 Å². The van der Waals surface area contributed by atoms with Crippen molar-refractivity contribution in [1.82, 2.24) is 10.0 Å². The Bertz CT molecular complexity index is 584. The highest BCUT2D eigenvalue weighted by Crippen LogP contribution is 2.21. The molecule has 0 heterocycles. The molecule has 1 aromatic carbocycles. The maximum absolute atomic E-state index is 12.1. The van der Waals surface area contributed by atoms with E-state index in [1.54, 1.807) is 23.1 Å². The molecule has 1 amide bonds. The monoisotopic (exact) mass is 300 g/mol. The Kier molecular flexibility index (Phi) is 5.34. The van der Waals surface area contributed by atoms with Gasteiger partial charge in [-0.15, -0.1) is 0 Å². The van der Waals surface area contributed by atoms with Crippen molar-refractivity contribution < 1.29 is 13.2 Å². The van der Waals surface area contributed by atoms with Crippen LogP contribution in [0.3, 0.4) is 0 Å². The lowest BCUT2D eigenvalue weighted by Gasteiger charge is -2.17. The van der Waals surface area contributed by atoms with E-state index in [-0.39, 0.29) is 18.2 Å². The van der Waals surface area contributed by atoms with E-state index in [2.05, 4.69) is 10.0 Å². The van der Waals surface area contributed by atoms with Gasteiger partial charge in [0.15, 0.2) is 0 Å². The van der Waals surface area contributed by atoms with Crippen molar-refractivity contribution in [3.8, 4) is 0 Å². The molecule has 112 valence electrons. The Balaban J connectivity index is 2.80. The van der Waals surface area contributed by atoms with E-state index in [0.717, 1.165) is 0 Å². The number of sulfonamides is 1. The minimum atomic E-state index is -3.33. The van der Waals surface area contributed by atoms with E-state index < -0.39 is 10.0 Å². The smallest absolute Gasteiger partial charge is 0.253 e. The van der Waals surface area contributed by atoms with Crippen LogP contribution in [-0.4, -0.2) is 47.8 Å². The van der Waals surface area contributed by atoms with Crippen LogP contribution in [0, 0.1) is 0 Å². The van der Waals surface area contributed by atoms with Crippen molar-refractivity contribution in [2.45, 2.75) is 0 Å². The van der Waals surface area contributed by atoms with E-state index in [9.17, 15) is 13.2 Å². The molecule has 1 aromatic rings. The number of amides is 1. The number of hydrogen-bond donors (Lipinski definition) is 3. The molecule has 0 aliphatic rings. The van der Waals surface area contributed by atoms with Crippen LogP contribution in [0.5, 0.6) is 0 Å². The number of nitrogens with two attached hydrogens (primary N) is 1. The highest BCUT2D eigenvalue weighted by atomic mass is 32.2. The van der Waals surface area contributed by atoms with Gasteiger partial charge >= 0.3 is 0 Å². The topological polar surface area (TPSA) is 105 Å². The summed E-state index contributed by atoms with van der Waals surface area (Å²) in [4.78, 5) is 13.9. The van der Waals surface area contributed by atoms with Crippen LogP contribution < -0.4 is 20.7 Å². The van der Waals surface area contributed by atoms with Crippen molar-refractivity contribution in [3.05, 3.63) is 23.8 Å². The van der Waals surface area contributed by atoms with Gasteiger partial charge in [0.1, 0.15) is 0 Å². The number of hydrogen-bond acceptors (Lipinski definition) is 5. The maximum atomic E-state index is 12.1. The van der Waals surface area contributed by atoms with E-state index in [1.165, 1.54) is 7.05 Å². The fourth-order valence-corrected chi connectivity index (χ4v) is 2.20. The molecule has 0 aromatic heterocycles. The quantitative estimate of drug-likeness (QED) is 0.621. The zero-order valence-electron chi connectivity index (χ0n) is 11.8. The third kappa shape index (κ3) is 4.39. The van der Waals surface area contributed by atoms with Gasteiger partial charge in [-0.1, -0.05) is 0 Å². The van der Waals surface area contributed by atoms with Crippen molar-refractivity contribution in [2.75, 3.05) is 44.1 Å². The Morgan fingerprint density at radius 1 is 1.35 bits per heavy atom. The van der Waals surface area contributed by atoms with E-state index in [0.29, 0.717) is 16.9 Å². The van der Waals surface area contributed by atoms with Crippen molar-refractivity contribution in [3.63, 3.8) is 0 Å². The summed E-state index contributed by atoms with van der Waals surface area (Å²) in [5.74, 6) is -0.526. The summed E-state index contributed by atoms with van der Waals surface area (Å²) >= 11 is 0. The first-order valence-corrected chi connectivity index (χ1v) is 7.68. The molecule has 1 rings (SSSR count). The van der Waals surface area contributed by atoms with Crippen LogP contribution >= 0.6 is 0 Å². The summed E-state index contributed by atoms with van der Waals surface area (Å²) in [5.41, 5.74) is 7.29. The van der Waals surface area contributed by atoms with Crippen molar-refractivity contribution >= 4 is 27.3 Å². The minimum absolute atomic E-state index is 0.0314. The number of carbonyl (C=O) groups excluding carboxylic acids is 1. The van der Waals surface area contributed by atoms with Gasteiger partial charge in [0, 0.05) is 32.0 Å². The Morgan fingerprint density at radius 3 is 2.55 bits per heavy atom. The molecular formula is C12H20N4O3S. The van der Waals surface area contributed by atoms with Gasteiger partial charge < -0.3 is 16.0 Å². The number of rotatable bonds is 6. The fourth-order valence-electron chi connectivity index (χ4n) is 1.62. The number of nitrogen functional groups attached to an aromatic ring is 1. The number of nitrogens with zero attached hydrogens (tertiary/aromatic N) is 1. The molecule has 0 atom stereocenters. The predicted molar refractivity (Wildman–Crippen MR) is 80.4 cm³/mol. The molecule has 7 nitrogen and oxygen atoms in total. The molecule has 0 aliphatic heterocycles. The highest BCUT2D eigenvalue weighted by Gasteiger charge is 2.14. The average molecular weight is 300 g/mol. The number of nitrogens with one attached hydrogen (secondary N) is 2. The van der Waals surface area contributed by atoms with Gasteiger partial charge in [-0.25, -0.2) is 13.1 Å². The third-order valence-electron chi connectivity index (χ3n) is 2.71. The van der Waals surface area contributed by atoms with Gasteiger partial charge in [-0.2, -0.15) is 0 Å². The third-order valence-corrected chi connectivity index (χ3v) is 4.08. The molecule has 0 saturated carbocycles. The highest BCUT2D eigenvalue weighted by molar-refractivity contribution is 7.89. The van der Waals surface area contributed by atoms with E-state index in [4.69, 9.17) is 5.73 Å². The molecule has 0 saturated heterocycles. The Labute approximate surface area is 119 Å². The lowest BCUT2D eigenvalue weighted by atomic mass is 10.1. The summed E-state index contributed by atoms with van der Waals surface area (Å²) in [5, 5.41) is 2.57. The second kappa shape index (κ2) is 6.58. The van der Waals surface area contributed by atoms with Gasteiger partial charge in [0.25, 0.3) is 5.91 Å². The van der Waals surface area contributed by atoms with Gasteiger partial charge in [-0.05, 0) is 25.2 Å². The number of anilines is 2. The van der Waals surface area contributed by atoms with Crippen LogP contribution in [0.4, 0.5) is 11.4 Å². The van der Waals surface area contributed by atoms with Crippen molar-refractivity contribution in [2.24, 2.45) is 0 Å². The summed E-state index contributed by atoms with van der Waals surface area (Å²) in [6.07, 6.45) is 0. The molecule has 4 N–H and O–H groups in total. The minimum Gasteiger partial charge on any atom is -0.399 e. The largest absolute Gasteiger partial charge is 0.399 e. The predicted octanol–water partition coefficient (Wildman–Crippen LogP) is -0.386. The van der Waals surface area contributed by atoms with Gasteiger partial charge in [0.05, 0.1) is 11.3 Å². The second-order valence-corrected chi connectivity index (χ2v) is 6.50. The maximum Gasteiger partial charge on any atom is 0.253 e. The van der Waals surface area contributed by atoms with E-state index in [1.807, 2.05) is 14.1 Å². The van der Waals surface area contributed by atoms with Crippen LogP contribution in [0.25, 0.3) is 0 Å².